The molecule has 1 aromatic heterocycles. The number of fused-ring (bicyclic) bond motifs is 1. The molecule has 0 radical (unpaired) electrons. The van der Waals surface area contributed by atoms with E-state index in [-0.39, 0.29) is 5.76 Å². The molecule has 5 nitrogen and oxygen atoms in total. The zero-order valence-corrected chi connectivity index (χ0v) is 11.8. The molecular formula is C16H17NO4. The van der Waals surface area contributed by atoms with Crippen LogP contribution >= 0.6 is 0 Å². The lowest BCUT2D eigenvalue weighted by molar-refractivity contribution is -0.144. The van der Waals surface area contributed by atoms with E-state index in [1.54, 1.807) is 6.07 Å². The van der Waals surface area contributed by atoms with E-state index >= 15 is 0 Å². The molecule has 5 heteroatoms. The average molecular weight is 287 g/mol. The number of furan rings is 1. The highest BCUT2D eigenvalue weighted by Crippen LogP contribution is 2.31. The lowest BCUT2D eigenvalue weighted by atomic mass is 9.97. The molecule has 1 aliphatic carbocycles. The number of benzene rings is 1. The molecule has 1 amide bonds. The van der Waals surface area contributed by atoms with Gasteiger partial charge in [-0.25, -0.2) is 4.79 Å². The third-order valence-corrected chi connectivity index (χ3v) is 4.27. The van der Waals surface area contributed by atoms with Crippen LogP contribution < -0.4 is 5.32 Å². The van der Waals surface area contributed by atoms with Crippen molar-refractivity contribution in [1.82, 2.24) is 5.32 Å². The standard InChI is InChI=1S/C16H17NO4/c1-10-11-6-2-3-7-12(11)21-13(10)14(18)17-16(15(19)20)8-4-5-9-16/h2-3,6-7H,4-5,8-9H2,1H3,(H,17,18)(H,19,20). The maximum Gasteiger partial charge on any atom is 0.329 e. The van der Waals surface area contributed by atoms with Crippen LogP contribution in [0.1, 0.15) is 41.8 Å². The van der Waals surface area contributed by atoms with Gasteiger partial charge in [0.15, 0.2) is 5.76 Å². The number of rotatable bonds is 3. The third-order valence-electron chi connectivity index (χ3n) is 4.27. The van der Waals surface area contributed by atoms with Gasteiger partial charge in [-0.15, -0.1) is 0 Å². The van der Waals surface area contributed by atoms with Gasteiger partial charge < -0.3 is 14.8 Å². The first-order valence-electron chi connectivity index (χ1n) is 7.07. The van der Waals surface area contributed by atoms with Crippen molar-refractivity contribution in [2.75, 3.05) is 0 Å². The summed E-state index contributed by atoms with van der Waals surface area (Å²) in [7, 11) is 0. The Balaban J connectivity index is 1.94. The summed E-state index contributed by atoms with van der Waals surface area (Å²) in [6, 6.07) is 7.39. The summed E-state index contributed by atoms with van der Waals surface area (Å²) in [5, 5.41) is 13.0. The summed E-state index contributed by atoms with van der Waals surface area (Å²) in [5.74, 6) is -1.22. The van der Waals surface area contributed by atoms with Crippen molar-refractivity contribution in [2.24, 2.45) is 0 Å². The molecule has 1 aliphatic rings. The van der Waals surface area contributed by atoms with Crippen molar-refractivity contribution in [3.63, 3.8) is 0 Å². The Morgan fingerprint density at radius 1 is 1.24 bits per heavy atom. The second-order valence-corrected chi connectivity index (χ2v) is 5.60. The number of nitrogens with one attached hydrogen (secondary N) is 1. The molecule has 0 saturated heterocycles. The summed E-state index contributed by atoms with van der Waals surface area (Å²) in [4.78, 5) is 23.9. The first kappa shape index (κ1) is 13.7. The van der Waals surface area contributed by atoms with Crippen molar-refractivity contribution in [1.29, 1.82) is 0 Å². The van der Waals surface area contributed by atoms with E-state index in [1.807, 2.05) is 25.1 Å². The van der Waals surface area contributed by atoms with Crippen molar-refractivity contribution in [3.8, 4) is 0 Å². The molecule has 1 heterocycles. The normalized spacial score (nSPS) is 17.0. The van der Waals surface area contributed by atoms with Gasteiger partial charge in [0.05, 0.1) is 0 Å². The fourth-order valence-corrected chi connectivity index (χ4v) is 3.04. The number of para-hydroxylation sites is 1. The molecule has 21 heavy (non-hydrogen) atoms. The summed E-state index contributed by atoms with van der Waals surface area (Å²) in [6.45, 7) is 1.81. The maximum absolute atomic E-state index is 12.4. The molecule has 0 unspecified atom stereocenters. The minimum Gasteiger partial charge on any atom is -0.480 e. The summed E-state index contributed by atoms with van der Waals surface area (Å²) in [5.41, 5.74) is 0.222. The van der Waals surface area contributed by atoms with Gasteiger partial charge >= 0.3 is 5.97 Å². The van der Waals surface area contributed by atoms with E-state index in [0.717, 1.165) is 23.8 Å². The maximum atomic E-state index is 12.4. The number of hydrogen-bond acceptors (Lipinski definition) is 3. The first-order valence-corrected chi connectivity index (χ1v) is 7.07. The monoisotopic (exact) mass is 287 g/mol. The second-order valence-electron chi connectivity index (χ2n) is 5.60. The largest absolute Gasteiger partial charge is 0.480 e. The van der Waals surface area contributed by atoms with Gasteiger partial charge in [-0.05, 0) is 25.8 Å². The lowest BCUT2D eigenvalue weighted by Crippen LogP contribution is -2.52. The van der Waals surface area contributed by atoms with Crippen LogP contribution in [0, 0.1) is 6.92 Å². The van der Waals surface area contributed by atoms with Gasteiger partial charge in [0.1, 0.15) is 11.1 Å². The van der Waals surface area contributed by atoms with E-state index in [1.165, 1.54) is 0 Å². The smallest absolute Gasteiger partial charge is 0.329 e. The van der Waals surface area contributed by atoms with Gasteiger partial charge in [-0.1, -0.05) is 31.0 Å². The molecular weight excluding hydrogens is 270 g/mol. The van der Waals surface area contributed by atoms with E-state index in [4.69, 9.17) is 4.42 Å². The molecule has 2 N–H and O–H groups in total. The van der Waals surface area contributed by atoms with E-state index in [0.29, 0.717) is 18.4 Å². The van der Waals surface area contributed by atoms with Crippen molar-refractivity contribution in [2.45, 2.75) is 38.1 Å². The fourth-order valence-electron chi connectivity index (χ4n) is 3.04. The Kier molecular flexibility index (Phi) is 3.20. The second kappa shape index (κ2) is 4.91. The van der Waals surface area contributed by atoms with Crippen LogP contribution in [-0.2, 0) is 4.79 Å². The summed E-state index contributed by atoms with van der Waals surface area (Å²) < 4.78 is 5.59. The van der Waals surface area contributed by atoms with Gasteiger partial charge in [-0.3, -0.25) is 4.79 Å². The quantitative estimate of drug-likeness (QED) is 0.909. The Morgan fingerprint density at radius 3 is 2.52 bits per heavy atom. The predicted octanol–water partition coefficient (Wildman–Crippen LogP) is 2.87. The molecule has 2 aromatic rings. The zero-order valence-electron chi connectivity index (χ0n) is 11.8. The molecule has 0 bridgehead atoms. The number of hydrogen-bond donors (Lipinski definition) is 2. The van der Waals surface area contributed by atoms with Crippen LogP contribution in [0.4, 0.5) is 0 Å². The topological polar surface area (TPSA) is 79.5 Å². The number of aryl methyl sites for hydroxylation is 1. The zero-order chi connectivity index (χ0) is 15.0. The van der Waals surface area contributed by atoms with Crippen molar-refractivity contribution >= 4 is 22.8 Å². The molecule has 0 atom stereocenters. The van der Waals surface area contributed by atoms with Crippen molar-refractivity contribution in [3.05, 3.63) is 35.6 Å². The molecule has 3 rings (SSSR count). The highest BCUT2D eigenvalue weighted by molar-refractivity contribution is 6.01. The van der Waals surface area contributed by atoms with E-state index in [9.17, 15) is 14.7 Å². The minimum atomic E-state index is -1.15. The molecule has 1 saturated carbocycles. The highest BCUT2D eigenvalue weighted by atomic mass is 16.4. The number of carboxylic acid groups (broad SMARTS) is 1. The SMILES string of the molecule is Cc1c(C(=O)NC2(C(=O)O)CCCC2)oc2ccccc12. The molecule has 1 fully saturated rings. The van der Waals surface area contributed by atoms with Crippen LogP contribution in [0.3, 0.4) is 0 Å². The Hall–Kier alpha value is -2.30. The van der Waals surface area contributed by atoms with Crippen LogP contribution in [0.5, 0.6) is 0 Å². The number of carbonyl (C=O) groups excluding carboxylic acids is 1. The average Bonchev–Trinajstić information content (AvgIpc) is 3.05. The predicted molar refractivity (Wildman–Crippen MR) is 77.3 cm³/mol. The van der Waals surface area contributed by atoms with E-state index in [2.05, 4.69) is 5.32 Å². The molecule has 1 aromatic carbocycles. The number of carboxylic acids is 1. The molecule has 110 valence electrons. The van der Waals surface area contributed by atoms with Crippen LogP contribution in [0.15, 0.2) is 28.7 Å². The molecule has 0 spiro atoms. The van der Waals surface area contributed by atoms with Gasteiger partial charge in [0.25, 0.3) is 5.91 Å². The van der Waals surface area contributed by atoms with Crippen LogP contribution in [-0.4, -0.2) is 22.5 Å². The Labute approximate surface area is 121 Å². The van der Waals surface area contributed by atoms with Crippen LogP contribution in [0.2, 0.25) is 0 Å². The fraction of sp³-hybridized carbons (Fsp3) is 0.375. The highest BCUT2D eigenvalue weighted by Gasteiger charge is 2.43. The van der Waals surface area contributed by atoms with Crippen molar-refractivity contribution < 1.29 is 19.1 Å². The number of aliphatic carboxylic acids is 1. The Morgan fingerprint density at radius 2 is 1.90 bits per heavy atom. The summed E-state index contributed by atoms with van der Waals surface area (Å²) >= 11 is 0. The third kappa shape index (κ3) is 2.18. The van der Waals surface area contributed by atoms with Crippen LogP contribution in [0.25, 0.3) is 11.0 Å². The lowest BCUT2D eigenvalue weighted by Gasteiger charge is -2.24. The van der Waals surface area contributed by atoms with Gasteiger partial charge in [0.2, 0.25) is 0 Å². The van der Waals surface area contributed by atoms with Gasteiger partial charge in [0, 0.05) is 10.9 Å². The van der Waals surface area contributed by atoms with Gasteiger partial charge in [-0.2, -0.15) is 0 Å². The molecule has 0 aliphatic heterocycles. The number of carbonyl (C=O) groups is 2. The first-order chi connectivity index (χ1) is 10.0. The summed E-state index contributed by atoms with van der Waals surface area (Å²) in [6.07, 6.45) is 2.55. The minimum absolute atomic E-state index is 0.198. The van der Waals surface area contributed by atoms with E-state index < -0.39 is 17.4 Å². The number of amides is 1. The Bertz CT molecular complexity index is 710.